The van der Waals surface area contributed by atoms with Gasteiger partial charge in [-0.1, -0.05) is 42.5 Å². The highest BCUT2D eigenvalue weighted by Crippen LogP contribution is 2.61. The van der Waals surface area contributed by atoms with Gasteiger partial charge in [0.2, 0.25) is 0 Å². The lowest BCUT2D eigenvalue weighted by Gasteiger charge is -2.12. The van der Waals surface area contributed by atoms with Gasteiger partial charge < -0.3 is 10.1 Å². The molecule has 0 spiro atoms. The first-order valence-corrected chi connectivity index (χ1v) is 9.68. The van der Waals surface area contributed by atoms with Crippen molar-refractivity contribution in [1.82, 2.24) is 0 Å². The van der Waals surface area contributed by atoms with Crippen molar-refractivity contribution in [2.24, 2.45) is 0 Å². The third-order valence-corrected chi connectivity index (χ3v) is 5.43. The van der Waals surface area contributed by atoms with Crippen molar-refractivity contribution >= 4 is 11.6 Å². The van der Waals surface area contributed by atoms with E-state index in [4.69, 9.17) is 0 Å². The number of hydrogen-bond donors (Lipinski definition) is 1. The van der Waals surface area contributed by atoms with Gasteiger partial charge in [0.05, 0.1) is 0 Å². The molecule has 1 amide bonds. The number of nitrogens with one attached hydrogen (secondary N) is 1. The van der Waals surface area contributed by atoms with Gasteiger partial charge in [-0.15, -0.1) is 13.2 Å². The molecule has 1 aliphatic rings. The zero-order valence-electron chi connectivity index (χ0n) is 16.5. The van der Waals surface area contributed by atoms with Crippen molar-refractivity contribution in [2.75, 3.05) is 5.32 Å². The van der Waals surface area contributed by atoms with Crippen molar-refractivity contribution in [3.8, 4) is 5.75 Å². The van der Waals surface area contributed by atoms with Crippen LogP contribution in [0.3, 0.4) is 0 Å². The van der Waals surface area contributed by atoms with Crippen LogP contribution >= 0.6 is 0 Å². The second-order valence-corrected chi connectivity index (χ2v) is 7.58. The zero-order chi connectivity index (χ0) is 22.2. The van der Waals surface area contributed by atoms with Crippen LogP contribution in [0.2, 0.25) is 0 Å². The Morgan fingerprint density at radius 3 is 2.26 bits per heavy atom. The lowest BCUT2D eigenvalue weighted by molar-refractivity contribution is -0.274. The second-order valence-electron chi connectivity index (χ2n) is 7.58. The number of amides is 1. The summed E-state index contributed by atoms with van der Waals surface area (Å²) in [5.41, 5.74) is 1.46. The smallest absolute Gasteiger partial charge is 0.406 e. The van der Waals surface area contributed by atoms with E-state index >= 15 is 4.39 Å². The number of aryl methyl sites for hydroxylation is 1. The number of rotatable bonds is 5. The van der Waals surface area contributed by atoms with Crippen LogP contribution in [-0.4, -0.2) is 12.3 Å². The first-order chi connectivity index (χ1) is 14.7. The van der Waals surface area contributed by atoms with Crippen molar-refractivity contribution in [3.63, 3.8) is 0 Å². The lowest BCUT2D eigenvalue weighted by atomic mass is 10.0. The average Bonchev–Trinajstić information content (AvgIpc) is 3.42. The number of para-hydroxylation sites is 1. The number of carbonyl (C=O) groups is 1. The Hall–Kier alpha value is -3.35. The molecule has 160 valence electrons. The van der Waals surface area contributed by atoms with E-state index in [0.717, 1.165) is 5.56 Å². The van der Waals surface area contributed by atoms with Crippen LogP contribution < -0.4 is 10.1 Å². The molecule has 1 aliphatic carbocycles. The molecule has 0 saturated heterocycles. The second kappa shape index (κ2) is 7.72. The molecular formula is C24H19F4NO2. The summed E-state index contributed by atoms with van der Waals surface area (Å²) in [4.78, 5) is 12.5. The first-order valence-electron chi connectivity index (χ1n) is 9.68. The molecule has 7 heteroatoms. The molecule has 0 radical (unpaired) electrons. The highest BCUT2D eigenvalue weighted by molar-refractivity contribution is 6.04. The summed E-state index contributed by atoms with van der Waals surface area (Å²) in [6, 6.07) is 18.9. The largest absolute Gasteiger partial charge is 0.573 e. The fraction of sp³-hybridized carbons (Fsp3) is 0.208. The predicted molar refractivity (Wildman–Crippen MR) is 109 cm³/mol. The molecule has 31 heavy (non-hydrogen) atoms. The summed E-state index contributed by atoms with van der Waals surface area (Å²) in [5.74, 6) is -1.09. The van der Waals surface area contributed by atoms with Gasteiger partial charge in [0.1, 0.15) is 11.4 Å². The minimum Gasteiger partial charge on any atom is -0.406 e. The Morgan fingerprint density at radius 2 is 1.65 bits per heavy atom. The number of hydrogen-bond acceptors (Lipinski definition) is 2. The van der Waals surface area contributed by atoms with Gasteiger partial charge in [0, 0.05) is 17.2 Å². The topological polar surface area (TPSA) is 38.3 Å². The standard InChI is InChI=1S/C24H19F4NO2/c1-15-4-2-3-5-21(15)29-22(30)17-6-10-18(11-7-17)23(25)14-20(23)16-8-12-19(13-9-16)31-24(26,27)28/h2-13,20H,14H2,1H3,(H,29,30). The quantitative estimate of drug-likeness (QED) is 0.470. The van der Waals surface area contributed by atoms with Crippen LogP contribution in [0.5, 0.6) is 5.75 Å². The summed E-state index contributed by atoms with van der Waals surface area (Å²) in [7, 11) is 0. The minimum absolute atomic E-state index is 0.223. The van der Waals surface area contributed by atoms with E-state index in [1.807, 2.05) is 25.1 Å². The molecule has 1 fully saturated rings. The summed E-state index contributed by atoms with van der Waals surface area (Å²) in [6.07, 6.45) is -4.54. The van der Waals surface area contributed by atoms with Crippen LogP contribution in [0.4, 0.5) is 23.2 Å². The summed E-state index contributed by atoms with van der Waals surface area (Å²) < 4.78 is 56.1. The molecule has 2 unspecified atom stereocenters. The van der Waals surface area contributed by atoms with Gasteiger partial charge in [0.25, 0.3) is 5.91 Å². The van der Waals surface area contributed by atoms with Crippen LogP contribution in [0, 0.1) is 6.92 Å². The molecule has 2 atom stereocenters. The van der Waals surface area contributed by atoms with Crippen LogP contribution in [-0.2, 0) is 5.67 Å². The molecule has 4 rings (SSSR count). The van der Waals surface area contributed by atoms with Gasteiger partial charge in [-0.25, -0.2) is 4.39 Å². The van der Waals surface area contributed by atoms with Crippen LogP contribution in [0.15, 0.2) is 72.8 Å². The Balaban J connectivity index is 1.43. The molecule has 0 aromatic heterocycles. The molecule has 1 saturated carbocycles. The van der Waals surface area contributed by atoms with Gasteiger partial charge in [-0.3, -0.25) is 4.79 Å². The van der Waals surface area contributed by atoms with E-state index in [2.05, 4.69) is 10.1 Å². The summed E-state index contributed by atoms with van der Waals surface area (Å²) in [5, 5.41) is 2.83. The maximum absolute atomic E-state index is 15.4. The number of ether oxygens (including phenoxy) is 1. The normalized spacial score (nSPS) is 20.2. The van der Waals surface area contributed by atoms with E-state index in [0.29, 0.717) is 22.4 Å². The number of anilines is 1. The highest BCUT2D eigenvalue weighted by Gasteiger charge is 2.57. The fourth-order valence-corrected chi connectivity index (χ4v) is 3.65. The number of carbonyl (C=O) groups excluding carboxylic acids is 1. The Morgan fingerprint density at radius 1 is 1.00 bits per heavy atom. The van der Waals surface area contributed by atoms with E-state index in [1.165, 1.54) is 24.3 Å². The molecule has 1 N–H and O–H groups in total. The van der Waals surface area contributed by atoms with E-state index in [1.54, 1.807) is 30.3 Å². The summed E-state index contributed by atoms with van der Waals surface area (Å²) in [6.45, 7) is 1.89. The average molecular weight is 429 g/mol. The highest BCUT2D eigenvalue weighted by atomic mass is 19.4. The van der Waals surface area contributed by atoms with Crippen LogP contribution in [0.1, 0.15) is 39.4 Å². The monoisotopic (exact) mass is 429 g/mol. The van der Waals surface area contributed by atoms with Crippen molar-refractivity contribution in [2.45, 2.75) is 31.3 Å². The van der Waals surface area contributed by atoms with E-state index < -0.39 is 17.9 Å². The Bertz CT molecular complexity index is 1090. The van der Waals surface area contributed by atoms with Gasteiger partial charge in [0.15, 0.2) is 0 Å². The molecule has 3 aromatic carbocycles. The van der Waals surface area contributed by atoms with Crippen molar-refractivity contribution < 1.29 is 27.1 Å². The third kappa shape index (κ3) is 4.55. The molecular weight excluding hydrogens is 410 g/mol. The number of halogens is 4. The minimum atomic E-state index is -4.77. The maximum atomic E-state index is 15.4. The molecule has 0 bridgehead atoms. The van der Waals surface area contributed by atoms with E-state index in [-0.39, 0.29) is 18.1 Å². The summed E-state index contributed by atoms with van der Waals surface area (Å²) >= 11 is 0. The van der Waals surface area contributed by atoms with Gasteiger partial charge in [-0.05, 0) is 60.4 Å². The number of benzene rings is 3. The zero-order valence-corrected chi connectivity index (χ0v) is 16.5. The van der Waals surface area contributed by atoms with Crippen LogP contribution in [0.25, 0.3) is 0 Å². The first kappa shape index (κ1) is 20.9. The van der Waals surface area contributed by atoms with E-state index in [9.17, 15) is 18.0 Å². The number of alkyl halides is 4. The van der Waals surface area contributed by atoms with Crippen molar-refractivity contribution in [3.05, 3.63) is 95.1 Å². The Labute approximate surface area is 176 Å². The predicted octanol–water partition coefficient (Wildman–Crippen LogP) is 6.50. The van der Waals surface area contributed by atoms with Crippen molar-refractivity contribution in [1.29, 1.82) is 0 Å². The third-order valence-electron chi connectivity index (χ3n) is 5.43. The maximum Gasteiger partial charge on any atom is 0.573 e. The molecule has 3 nitrogen and oxygen atoms in total. The molecule has 0 heterocycles. The lowest BCUT2D eigenvalue weighted by Crippen LogP contribution is -2.17. The molecule has 3 aromatic rings. The van der Waals surface area contributed by atoms with Gasteiger partial charge >= 0.3 is 6.36 Å². The Kier molecular flexibility index (Phi) is 5.21. The SMILES string of the molecule is Cc1ccccc1NC(=O)c1ccc(C2(F)CC2c2ccc(OC(F)(F)F)cc2)cc1. The van der Waals surface area contributed by atoms with Gasteiger partial charge in [-0.2, -0.15) is 0 Å². The molecule has 0 aliphatic heterocycles. The fourth-order valence-electron chi connectivity index (χ4n) is 3.65.